The summed E-state index contributed by atoms with van der Waals surface area (Å²) < 4.78 is 1.82. The van der Waals surface area contributed by atoms with Crippen LogP contribution in [0.1, 0.15) is 12.0 Å². The zero-order chi connectivity index (χ0) is 21.8. The fourth-order valence-corrected chi connectivity index (χ4v) is 3.48. The molecule has 158 valence electrons. The van der Waals surface area contributed by atoms with E-state index in [-0.39, 0.29) is 6.61 Å². The van der Waals surface area contributed by atoms with E-state index in [1.165, 1.54) is 6.21 Å². The molecule has 0 atom stereocenters. The molecule has 0 aliphatic heterocycles. The molecule has 0 bridgehead atoms. The first-order valence-electron chi connectivity index (χ1n) is 9.90. The maximum absolute atomic E-state index is 9.38. The molecule has 4 aromatic rings. The molecule has 31 heavy (non-hydrogen) atoms. The summed E-state index contributed by atoms with van der Waals surface area (Å²) in [5, 5.41) is 25.7. The van der Waals surface area contributed by atoms with Crippen LogP contribution in [0.15, 0.2) is 54.9 Å². The van der Waals surface area contributed by atoms with Crippen molar-refractivity contribution in [2.45, 2.75) is 6.42 Å². The van der Waals surface area contributed by atoms with Gasteiger partial charge in [0.05, 0.1) is 17.4 Å². The lowest BCUT2D eigenvalue weighted by atomic mass is 10.1. The van der Waals surface area contributed by atoms with Crippen molar-refractivity contribution < 1.29 is 5.11 Å². The Labute approximate surface area is 179 Å². The number of aryl methyl sites for hydroxylation is 1. The Hall–Kier alpha value is -3.98. The second kappa shape index (κ2) is 8.80. The number of nitrogen functional groups attached to an aromatic ring is 1. The quantitative estimate of drug-likeness (QED) is 0.256. The van der Waals surface area contributed by atoms with Gasteiger partial charge in [-0.15, -0.1) is 0 Å². The van der Waals surface area contributed by atoms with E-state index in [4.69, 9.17) is 11.1 Å². The van der Waals surface area contributed by atoms with Gasteiger partial charge in [-0.25, -0.2) is 4.98 Å². The van der Waals surface area contributed by atoms with Gasteiger partial charge in [-0.05, 0) is 42.8 Å². The smallest absolute Gasteiger partial charge is 0.229 e. The van der Waals surface area contributed by atoms with Gasteiger partial charge >= 0.3 is 0 Å². The highest BCUT2D eigenvalue weighted by molar-refractivity contribution is 5.94. The minimum absolute atomic E-state index is 0.0417. The molecule has 0 saturated carbocycles. The normalized spacial score (nSPS) is 10.9. The average molecular weight is 416 g/mol. The van der Waals surface area contributed by atoms with Gasteiger partial charge in [0.15, 0.2) is 0 Å². The first-order chi connectivity index (χ1) is 15.1. The third-order valence-corrected chi connectivity index (χ3v) is 5.01. The lowest BCUT2D eigenvalue weighted by molar-refractivity contribution is 0.290. The first-order valence-corrected chi connectivity index (χ1v) is 9.90. The lowest BCUT2D eigenvalue weighted by Gasteiger charge is -2.26. The van der Waals surface area contributed by atoms with Crippen molar-refractivity contribution in [1.29, 1.82) is 5.41 Å². The molecule has 5 N–H and O–H groups in total. The molecule has 4 rings (SSSR count). The summed E-state index contributed by atoms with van der Waals surface area (Å²) in [5.74, 6) is 1.08. The molecule has 0 unspecified atom stereocenters. The van der Waals surface area contributed by atoms with E-state index >= 15 is 0 Å². The number of nitrogens with one attached hydrogen (secondary N) is 2. The number of aliphatic hydroxyl groups excluding tert-OH is 1. The Balaban J connectivity index is 1.68. The fourth-order valence-electron chi connectivity index (χ4n) is 3.48. The highest BCUT2D eigenvalue weighted by atomic mass is 16.3. The summed E-state index contributed by atoms with van der Waals surface area (Å²) in [6, 6.07) is 13.2. The maximum Gasteiger partial charge on any atom is 0.229 e. The average Bonchev–Trinajstić information content (AvgIpc) is 3.14. The Bertz CT molecular complexity index is 1220. The van der Waals surface area contributed by atoms with Gasteiger partial charge in [0.1, 0.15) is 5.82 Å². The zero-order valence-electron chi connectivity index (χ0n) is 17.2. The van der Waals surface area contributed by atoms with Gasteiger partial charge in [-0.3, -0.25) is 4.68 Å². The van der Waals surface area contributed by atoms with E-state index in [0.29, 0.717) is 36.0 Å². The van der Waals surface area contributed by atoms with Crippen LogP contribution >= 0.6 is 0 Å². The van der Waals surface area contributed by atoms with Crippen molar-refractivity contribution in [3.05, 3.63) is 60.4 Å². The first kappa shape index (κ1) is 20.3. The van der Waals surface area contributed by atoms with E-state index in [1.54, 1.807) is 18.3 Å². The highest BCUT2D eigenvalue weighted by Crippen LogP contribution is 2.30. The summed E-state index contributed by atoms with van der Waals surface area (Å²) in [6.45, 7) is 0.555. The molecule has 0 fully saturated rings. The van der Waals surface area contributed by atoms with Gasteiger partial charge < -0.3 is 26.5 Å². The Morgan fingerprint density at radius 2 is 2.13 bits per heavy atom. The number of anilines is 5. The number of hydrogen-bond donors (Lipinski definition) is 4. The SMILES string of the molecule is Cn1ncc2cc(Nc3nccc(N(CCCO)c4cccc(N)c4C=N)n3)ccc21. The van der Waals surface area contributed by atoms with Gasteiger partial charge in [0, 0.05) is 54.9 Å². The van der Waals surface area contributed by atoms with Crippen molar-refractivity contribution in [1.82, 2.24) is 19.7 Å². The van der Waals surface area contributed by atoms with E-state index in [9.17, 15) is 5.11 Å². The summed E-state index contributed by atoms with van der Waals surface area (Å²) in [7, 11) is 1.90. The summed E-state index contributed by atoms with van der Waals surface area (Å²) in [6.07, 6.45) is 5.26. The van der Waals surface area contributed by atoms with Gasteiger partial charge in [0.25, 0.3) is 0 Å². The lowest BCUT2D eigenvalue weighted by Crippen LogP contribution is -2.22. The van der Waals surface area contributed by atoms with Crippen LogP contribution in [0.3, 0.4) is 0 Å². The number of nitrogens with zero attached hydrogens (tertiary/aromatic N) is 5. The molecule has 2 aromatic heterocycles. The molecule has 0 spiro atoms. The van der Waals surface area contributed by atoms with Crippen molar-refractivity contribution >= 4 is 45.9 Å². The molecule has 9 heteroatoms. The number of aliphatic hydroxyl groups is 1. The third kappa shape index (κ3) is 4.17. The number of rotatable bonds is 8. The van der Waals surface area contributed by atoms with Crippen LogP contribution in [0, 0.1) is 5.41 Å². The van der Waals surface area contributed by atoms with E-state index in [0.717, 1.165) is 22.3 Å². The standard InChI is InChI=1S/C22H24N8O/c1-29-19-7-6-16(12-15(19)14-26-29)27-22-25-9-8-21(28-22)30(10-3-11-31)20-5-2-4-18(24)17(20)13-23/h2,4-9,12-14,23,31H,3,10-11,24H2,1H3,(H,25,27,28). The number of fused-ring (bicyclic) bond motifs is 1. The van der Waals surface area contributed by atoms with Crippen LogP contribution in [0.25, 0.3) is 10.9 Å². The fraction of sp³-hybridized carbons (Fsp3) is 0.182. The predicted molar refractivity (Wildman–Crippen MR) is 123 cm³/mol. The zero-order valence-corrected chi connectivity index (χ0v) is 17.2. The molecule has 2 heterocycles. The van der Waals surface area contributed by atoms with Crippen LogP contribution in [-0.2, 0) is 7.05 Å². The molecule has 0 radical (unpaired) electrons. The molecule has 9 nitrogen and oxygen atoms in total. The molecule has 0 aliphatic carbocycles. The van der Waals surface area contributed by atoms with Crippen LogP contribution in [0.2, 0.25) is 0 Å². The Morgan fingerprint density at radius 3 is 2.94 bits per heavy atom. The van der Waals surface area contributed by atoms with Gasteiger partial charge in [0.2, 0.25) is 5.95 Å². The highest BCUT2D eigenvalue weighted by Gasteiger charge is 2.16. The van der Waals surface area contributed by atoms with Gasteiger partial charge in [-0.1, -0.05) is 6.07 Å². The molecular weight excluding hydrogens is 392 g/mol. The van der Waals surface area contributed by atoms with Gasteiger partial charge in [-0.2, -0.15) is 10.1 Å². The minimum Gasteiger partial charge on any atom is -0.398 e. The molecule has 0 amide bonds. The van der Waals surface area contributed by atoms with Crippen LogP contribution in [0.5, 0.6) is 0 Å². The second-order valence-electron chi connectivity index (χ2n) is 7.06. The van der Waals surface area contributed by atoms with E-state index in [1.807, 2.05) is 53.2 Å². The largest absolute Gasteiger partial charge is 0.398 e. The van der Waals surface area contributed by atoms with E-state index < -0.39 is 0 Å². The maximum atomic E-state index is 9.38. The molecule has 2 aromatic carbocycles. The third-order valence-electron chi connectivity index (χ3n) is 5.01. The summed E-state index contributed by atoms with van der Waals surface area (Å²) in [4.78, 5) is 11.0. The van der Waals surface area contributed by atoms with Crippen molar-refractivity contribution in [2.75, 3.05) is 29.1 Å². The number of hydrogen-bond acceptors (Lipinski definition) is 8. The van der Waals surface area contributed by atoms with Crippen LogP contribution in [-0.4, -0.2) is 44.2 Å². The van der Waals surface area contributed by atoms with Crippen molar-refractivity contribution in [3.63, 3.8) is 0 Å². The molecule has 0 aliphatic rings. The summed E-state index contributed by atoms with van der Waals surface area (Å²) >= 11 is 0. The number of aromatic nitrogens is 4. The van der Waals surface area contributed by atoms with Crippen LogP contribution in [0.4, 0.5) is 28.8 Å². The topological polar surface area (TPSA) is 129 Å². The Kier molecular flexibility index (Phi) is 5.76. The van der Waals surface area contributed by atoms with Crippen LogP contribution < -0.4 is 16.0 Å². The van der Waals surface area contributed by atoms with Crippen molar-refractivity contribution in [3.8, 4) is 0 Å². The second-order valence-corrected chi connectivity index (χ2v) is 7.06. The monoisotopic (exact) mass is 416 g/mol. The van der Waals surface area contributed by atoms with Crippen molar-refractivity contribution in [2.24, 2.45) is 7.05 Å². The molecular formula is C22H24N8O. The van der Waals surface area contributed by atoms with E-state index in [2.05, 4.69) is 20.4 Å². The number of nitrogens with two attached hydrogens (primary N) is 1. The Morgan fingerprint density at radius 1 is 1.26 bits per heavy atom. The number of benzene rings is 2. The predicted octanol–water partition coefficient (Wildman–Crippen LogP) is 3.21. The molecule has 0 saturated heterocycles. The summed E-state index contributed by atoms with van der Waals surface area (Å²) in [5.41, 5.74) is 9.84. The minimum atomic E-state index is 0.0417.